The summed E-state index contributed by atoms with van der Waals surface area (Å²) in [5.41, 5.74) is 6.44. The summed E-state index contributed by atoms with van der Waals surface area (Å²) in [6, 6.07) is 0.219. The van der Waals surface area contributed by atoms with E-state index in [1.807, 2.05) is 0 Å². The molecular weight excluding hydrogens is 186 g/mol. The van der Waals surface area contributed by atoms with Gasteiger partial charge >= 0.3 is 0 Å². The Hall–Kier alpha value is -0.0800. The van der Waals surface area contributed by atoms with Crippen LogP contribution in [-0.4, -0.2) is 18.8 Å². The van der Waals surface area contributed by atoms with Gasteiger partial charge in [0.25, 0.3) is 0 Å². The molecular formula is C13H27NO. The van der Waals surface area contributed by atoms with Crippen molar-refractivity contribution in [2.45, 2.75) is 65.5 Å². The van der Waals surface area contributed by atoms with Gasteiger partial charge in [0.05, 0.1) is 6.10 Å². The zero-order valence-corrected chi connectivity index (χ0v) is 10.8. The van der Waals surface area contributed by atoms with Crippen molar-refractivity contribution in [2.24, 2.45) is 17.1 Å². The van der Waals surface area contributed by atoms with Gasteiger partial charge in [-0.3, -0.25) is 0 Å². The highest BCUT2D eigenvalue weighted by atomic mass is 16.5. The van der Waals surface area contributed by atoms with E-state index < -0.39 is 0 Å². The molecule has 0 heterocycles. The molecule has 15 heavy (non-hydrogen) atoms. The minimum absolute atomic E-state index is 0.219. The minimum atomic E-state index is 0.219. The lowest BCUT2D eigenvalue weighted by Gasteiger charge is -2.26. The molecule has 2 N–H and O–H groups in total. The molecule has 1 saturated carbocycles. The summed E-state index contributed by atoms with van der Waals surface area (Å²) < 4.78 is 5.88. The molecule has 90 valence electrons. The van der Waals surface area contributed by atoms with Crippen LogP contribution >= 0.6 is 0 Å². The van der Waals surface area contributed by atoms with E-state index >= 15 is 0 Å². The molecule has 1 aliphatic rings. The highest BCUT2D eigenvalue weighted by Crippen LogP contribution is 2.37. The largest absolute Gasteiger partial charge is 0.377 e. The zero-order valence-electron chi connectivity index (χ0n) is 10.8. The molecule has 0 aromatic heterocycles. The second-order valence-electron chi connectivity index (χ2n) is 6.00. The third-order valence-electron chi connectivity index (χ3n) is 3.63. The van der Waals surface area contributed by atoms with E-state index in [4.69, 9.17) is 10.5 Å². The Labute approximate surface area is 94.6 Å². The monoisotopic (exact) mass is 213 g/mol. The van der Waals surface area contributed by atoms with Crippen molar-refractivity contribution < 1.29 is 4.74 Å². The zero-order chi connectivity index (χ0) is 11.5. The highest BCUT2D eigenvalue weighted by molar-refractivity contribution is 4.94. The first kappa shape index (κ1) is 13.0. The Morgan fingerprint density at radius 3 is 2.53 bits per heavy atom. The summed E-state index contributed by atoms with van der Waals surface area (Å²) in [6.07, 6.45) is 5.05. The van der Waals surface area contributed by atoms with Gasteiger partial charge in [-0.05, 0) is 37.0 Å². The lowest BCUT2D eigenvalue weighted by molar-refractivity contribution is 0.0344. The van der Waals surface area contributed by atoms with Crippen molar-refractivity contribution in [3.05, 3.63) is 0 Å². The Kier molecular flexibility index (Phi) is 4.60. The molecule has 0 radical (unpaired) electrons. The molecule has 2 nitrogen and oxygen atoms in total. The van der Waals surface area contributed by atoms with E-state index in [2.05, 4.69) is 27.7 Å². The Morgan fingerprint density at radius 1 is 1.40 bits per heavy atom. The second kappa shape index (κ2) is 5.31. The third-order valence-corrected chi connectivity index (χ3v) is 3.63. The van der Waals surface area contributed by atoms with Crippen molar-refractivity contribution in [3.63, 3.8) is 0 Å². The molecule has 2 unspecified atom stereocenters. The van der Waals surface area contributed by atoms with E-state index in [9.17, 15) is 0 Å². The minimum Gasteiger partial charge on any atom is -0.377 e. The summed E-state index contributed by atoms with van der Waals surface area (Å²) in [4.78, 5) is 0. The average Bonchev–Trinajstić information content (AvgIpc) is 2.38. The van der Waals surface area contributed by atoms with Gasteiger partial charge in [0.15, 0.2) is 0 Å². The molecule has 1 rings (SSSR count). The van der Waals surface area contributed by atoms with E-state index in [1.165, 1.54) is 19.3 Å². The Balaban J connectivity index is 2.18. The quantitative estimate of drug-likeness (QED) is 0.713. The van der Waals surface area contributed by atoms with Crippen molar-refractivity contribution in [1.82, 2.24) is 0 Å². The maximum absolute atomic E-state index is 6.17. The fourth-order valence-corrected chi connectivity index (χ4v) is 2.28. The second-order valence-corrected chi connectivity index (χ2v) is 6.00. The SMILES string of the molecule is CC(C)CCCOC1CCC(C)(C)C1N. The normalized spacial score (nSPS) is 30.0. The first-order valence-electron chi connectivity index (χ1n) is 6.30. The van der Waals surface area contributed by atoms with Crippen LogP contribution in [0.4, 0.5) is 0 Å². The number of hydrogen-bond acceptors (Lipinski definition) is 2. The van der Waals surface area contributed by atoms with Crippen molar-refractivity contribution in [3.8, 4) is 0 Å². The topological polar surface area (TPSA) is 35.2 Å². The van der Waals surface area contributed by atoms with Crippen LogP contribution in [0.15, 0.2) is 0 Å². The highest BCUT2D eigenvalue weighted by Gasteiger charge is 2.39. The van der Waals surface area contributed by atoms with E-state index in [0.29, 0.717) is 6.10 Å². The summed E-state index contributed by atoms with van der Waals surface area (Å²) in [5, 5.41) is 0. The lowest BCUT2D eigenvalue weighted by Crippen LogP contribution is -2.41. The standard InChI is InChI=1S/C13H27NO/c1-10(2)6-5-9-15-11-7-8-13(3,4)12(11)14/h10-12H,5-9,14H2,1-4H3. The molecule has 1 fully saturated rings. The summed E-state index contributed by atoms with van der Waals surface area (Å²) in [5.74, 6) is 0.780. The van der Waals surface area contributed by atoms with Gasteiger partial charge in [-0.15, -0.1) is 0 Å². The van der Waals surface area contributed by atoms with E-state index in [-0.39, 0.29) is 11.5 Å². The maximum atomic E-state index is 6.17. The van der Waals surface area contributed by atoms with Crippen LogP contribution in [0, 0.1) is 11.3 Å². The van der Waals surface area contributed by atoms with Gasteiger partial charge in [0.1, 0.15) is 0 Å². The van der Waals surface area contributed by atoms with Crippen LogP contribution in [0.3, 0.4) is 0 Å². The predicted molar refractivity (Wildman–Crippen MR) is 64.8 cm³/mol. The average molecular weight is 213 g/mol. The molecule has 0 aromatic rings. The van der Waals surface area contributed by atoms with E-state index in [0.717, 1.165) is 18.9 Å². The predicted octanol–water partition coefficient (Wildman–Crippen LogP) is 2.96. The molecule has 0 spiro atoms. The van der Waals surface area contributed by atoms with Gasteiger partial charge in [-0.1, -0.05) is 27.7 Å². The molecule has 0 aromatic carbocycles. The smallest absolute Gasteiger partial charge is 0.0731 e. The van der Waals surface area contributed by atoms with Crippen LogP contribution in [-0.2, 0) is 4.74 Å². The number of hydrogen-bond donors (Lipinski definition) is 1. The Morgan fingerprint density at radius 2 is 2.07 bits per heavy atom. The summed E-state index contributed by atoms with van der Waals surface area (Å²) >= 11 is 0. The molecule has 0 saturated heterocycles. The van der Waals surface area contributed by atoms with Crippen molar-refractivity contribution >= 4 is 0 Å². The molecule has 0 bridgehead atoms. The fourth-order valence-electron chi connectivity index (χ4n) is 2.28. The molecule has 0 aliphatic heterocycles. The van der Waals surface area contributed by atoms with Crippen LogP contribution in [0.2, 0.25) is 0 Å². The van der Waals surface area contributed by atoms with Gasteiger partial charge in [-0.2, -0.15) is 0 Å². The first-order valence-corrected chi connectivity index (χ1v) is 6.30. The molecule has 2 atom stereocenters. The van der Waals surface area contributed by atoms with Crippen LogP contribution in [0.5, 0.6) is 0 Å². The Bertz CT molecular complexity index is 189. The van der Waals surface area contributed by atoms with Gasteiger partial charge in [0.2, 0.25) is 0 Å². The molecule has 2 heteroatoms. The fraction of sp³-hybridized carbons (Fsp3) is 1.00. The van der Waals surface area contributed by atoms with Gasteiger partial charge in [-0.25, -0.2) is 0 Å². The lowest BCUT2D eigenvalue weighted by atomic mass is 9.88. The third kappa shape index (κ3) is 3.76. The summed E-state index contributed by atoms with van der Waals surface area (Å²) in [6.45, 7) is 9.88. The van der Waals surface area contributed by atoms with Crippen LogP contribution in [0.1, 0.15) is 53.4 Å². The maximum Gasteiger partial charge on any atom is 0.0731 e. The first-order chi connectivity index (χ1) is 6.93. The van der Waals surface area contributed by atoms with Crippen molar-refractivity contribution in [2.75, 3.05) is 6.61 Å². The van der Waals surface area contributed by atoms with Gasteiger partial charge < -0.3 is 10.5 Å². The summed E-state index contributed by atoms with van der Waals surface area (Å²) in [7, 11) is 0. The number of rotatable bonds is 5. The molecule has 1 aliphatic carbocycles. The van der Waals surface area contributed by atoms with Crippen LogP contribution < -0.4 is 5.73 Å². The number of nitrogens with two attached hydrogens (primary N) is 1. The van der Waals surface area contributed by atoms with Crippen molar-refractivity contribution in [1.29, 1.82) is 0 Å². The van der Waals surface area contributed by atoms with Crippen LogP contribution in [0.25, 0.3) is 0 Å². The molecule has 0 amide bonds. The van der Waals surface area contributed by atoms with Gasteiger partial charge in [0, 0.05) is 12.6 Å². The number of ether oxygens (including phenoxy) is 1. The van der Waals surface area contributed by atoms with E-state index in [1.54, 1.807) is 0 Å².